The second-order valence-corrected chi connectivity index (χ2v) is 5.19. The summed E-state index contributed by atoms with van der Waals surface area (Å²) in [5, 5.41) is 19.9. The summed E-state index contributed by atoms with van der Waals surface area (Å²) in [7, 11) is 0. The molecule has 0 amide bonds. The second-order valence-electron chi connectivity index (χ2n) is 3.75. The van der Waals surface area contributed by atoms with Crippen LogP contribution in [-0.2, 0) is 10.5 Å². The number of nitrogens with zero attached hydrogens (tertiary/aromatic N) is 1. The van der Waals surface area contributed by atoms with Gasteiger partial charge in [0, 0.05) is 17.6 Å². The largest absolute Gasteiger partial charge is 0.481 e. The monoisotopic (exact) mass is 289 g/mol. The van der Waals surface area contributed by atoms with Crippen molar-refractivity contribution in [2.45, 2.75) is 12.7 Å². The van der Waals surface area contributed by atoms with Gasteiger partial charge in [-0.1, -0.05) is 24.6 Å². The van der Waals surface area contributed by atoms with Gasteiger partial charge in [-0.15, -0.1) is 0 Å². The summed E-state index contributed by atoms with van der Waals surface area (Å²) < 4.78 is 0. The number of rotatable bonds is 6. The number of aliphatic carboxylic acids is 1. The smallest absolute Gasteiger partial charge is 0.307 e. The van der Waals surface area contributed by atoms with Crippen LogP contribution in [0, 0.1) is 16.0 Å². The lowest BCUT2D eigenvalue weighted by molar-refractivity contribution is -0.385. The van der Waals surface area contributed by atoms with Crippen LogP contribution in [0.5, 0.6) is 0 Å². The summed E-state index contributed by atoms with van der Waals surface area (Å²) in [6.07, 6.45) is 0. The average Bonchev–Trinajstić information content (AvgIpc) is 2.30. The van der Waals surface area contributed by atoms with Crippen molar-refractivity contribution in [3.8, 4) is 0 Å². The summed E-state index contributed by atoms with van der Waals surface area (Å²) in [4.78, 5) is 21.0. The number of halogens is 1. The van der Waals surface area contributed by atoms with Gasteiger partial charge in [0.2, 0.25) is 0 Å². The number of carbonyl (C=O) groups is 1. The lowest BCUT2D eigenvalue weighted by Gasteiger charge is -2.07. The molecule has 0 saturated heterocycles. The van der Waals surface area contributed by atoms with Crippen molar-refractivity contribution in [2.75, 3.05) is 5.75 Å². The quantitative estimate of drug-likeness (QED) is 0.642. The predicted octanol–water partition coefficient (Wildman–Crippen LogP) is 3.20. The third-order valence-corrected chi connectivity index (χ3v) is 3.91. The molecule has 18 heavy (non-hydrogen) atoms. The molecule has 1 N–H and O–H groups in total. The highest BCUT2D eigenvalue weighted by atomic mass is 35.5. The minimum absolute atomic E-state index is 0.0296. The van der Waals surface area contributed by atoms with Crippen molar-refractivity contribution in [1.29, 1.82) is 0 Å². The fraction of sp³-hybridized carbons (Fsp3) is 0.364. The van der Waals surface area contributed by atoms with Crippen LogP contribution in [0.15, 0.2) is 18.2 Å². The Balaban J connectivity index is 2.72. The Hall–Kier alpha value is -1.27. The van der Waals surface area contributed by atoms with Gasteiger partial charge in [-0.2, -0.15) is 11.8 Å². The first-order valence-corrected chi connectivity index (χ1v) is 6.69. The van der Waals surface area contributed by atoms with Gasteiger partial charge in [0.25, 0.3) is 5.69 Å². The standard InChI is InChI=1S/C11H12ClNO4S/c1-7(11(14)15)5-18-6-8-9(12)3-2-4-10(8)13(16)17/h2-4,7H,5-6H2,1H3,(H,14,15). The van der Waals surface area contributed by atoms with Gasteiger partial charge >= 0.3 is 5.97 Å². The van der Waals surface area contributed by atoms with Gasteiger partial charge in [-0.3, -0.25) is 14.9 Å². The molecule has 0 saturated carbocycles. The molecule has 0 radical (unpaired) electrons. The summed E-state index contributed by atoms with van der Waals surface area (Å²) in [6.45, 7) is 1.59. The fourth-order valence-corrected chi connectivity index (χ4v) is 2.71. The molecule has 0 heterocycles. The molecule has 0 aromatic heterocycles. The lowest BCUT2D eigenvalue weighted by atomic mass is 10.2. The van der Waals surface area contributed by atoms with Gasteiger partial charge < -0.3 is 5.11 Å². The SMILES string of the molecule is CC(CSCc1c(Cl)cccc1[N+](=O)[O-])C(=O)O. The number of nitro benzene ring substituents is 1. The second kappa shape index (κ2) is 6.61. The van der Waals surface area contributed by atoms with Gasteiger partial charge in [0.05, 0.1) is 21.4 Å². The van der Waals surface area contributed by atoms with Crippen LogP contribution in [-0.4, -0.2) is 21.8 Å². The number of carboxylic acid groups (broad SMARTS) is 1. The number of hydrogen-bond acceptors (Lipinski definition) is 4. The number of benzene rings is 1. The molecule has 7 heteroatoms. The Morgan fingerprint density at radius 1 is 1.61 bits per heavy atom. The van der Waals surface area contributed by atoms with E-state index < -0.39 is 16.8 Å². The van der Waals surface area contributed by atoms with E-state index in [4.69, 9.17) is 16.7 Å². The molecular weight excluding hydrogens is 278 g/mol. The third-order valence-electron chi connectivity index (χ3n) is 2.33. The molecule has 0 aliphatic rings. The highest BCUT2D eigenvalue weighted by Gasteiger charge is 2.17. The Labute approximate surface area is 113 Å². The summed E-state index contributed by atoms with van der Waals surface area (Å²) in [5.74, 6) is -0.654. The van der Waals surface area contributed by atoms with E-state index in [1.54, 1.807) is 13.0 Å². The molecule has 1 unspecified atom stereocenters. The molecule has 0 bridgehead atoms. The molecule has 98 valence electrons. The van der Waals surface area contributed by atoms with Crippen molar-refractivity contribution >= 4 is 35.0 Å². The molecule has 0 fully saturated rings. The maximum atomic E-state index is 10.8. The zero-order chi connectivity index (χ0) is 13.7. The van der Waals surface area contributed by atoms with Crippen molar-refractivity contribution in [3.63, 3.8) is 0 Å². The number of carboxylic acids is 1. The van der Waals surface area contributed by atoms with Crippen LogP contribution >= 0.6 is 23.4 Å². The highest BCUT2D eigenvalue weighted by molar-refractivity contribution is 7.98. The van der Waals surface area contributed by atoms with E-state index in [1.807, 2.05) is 0 Å². The van der Waals surface area contributed by atoms with E-state index in [0.717, 1.165) is 0 Å². The third kappa shape index (κ3) is 3.89. The molecule has 1 aromatic rings. The maximum absolute atomic E-state index is 10.8. The number of hydrogen-bond donors (Lipinski definition) is 1. The van der Waals surface area contributed by atoms with Gasteiger partial charge in [-0.25, -0.2) is 0 Å². The van der Waals surface area contributed by atoms with Crippen LogP contribution < -0.4 is 0 Å². The molecule has 0 aliphatic heterocycles. The molecule has 1 rings (SSSR count). The first-order valence-electron chi connectivity index (χ1n) is 5.15. The minimum Gasteiger partial charge on any atom is -0.481 e. The number of thioether (sulfide) groups is 1. The summed E-state index contributed by atoms with van der Waals surface area (Å²) >= 11 is 7.24. The Morgan fingerprint density at radius 3 is 2.83 bits per heavy atom. The Morgan fingerprint density at radius 2 is 2.28 bits per heavy atom. The molecule has 0 aliphatic carbocycles. The molecule has 0 spiro atoms. The minimum atomic E-state index is -0.879. The van der Waals surface area contributed by atoms with Gasteiger partial charge in [-0.05, 0) is 6.07 Å². The van der Waals surface area contributed by atoms with Crippen molar-refractivity contribution in [2.24, 2.45) is 5.92 Å². The van der Waals surface area contributed by atoms with Crippen LogP contribution in [0.1, 0.15) is 12.5 Å². The topological polar surface area (TPSA) is 80.4 Å². The van der Waals surface area contributed by atoms with Gasteiger partial charge in [0.15, 0.2) is 0 Å². The maximum Gasteiger partial charge on any atom is 0.307 e. The summed E-state index contributed by atoms with van der Waals surface area (Å²) in [5.41, 5.74) is 0.407. The van der Waals surface area contributed by atoms with E-state index in [-0.39, 0.29) is 5.69 Å². The normalized spacial score (nSPS) is 12.1. The first kappa shape index (κ1) is 14.8. The van der Waals surface area contributed by atoms with E-state index in [0.29, 0.717) is 22.1 Å². The Bertz CT molecular complexity index is 466. The Kier molecular flexibility index (Phi) is 5.43. The van der Waals surface area contributed by atoms with Crippen LogP contribution in [0.4, 0.5) is 5.69 Å². The van der Waals surface area contributed by atoms with E-state index in [1.165, 1.54) is 23.9 Å². The molecule has 1 atom stereocenters. The zero-order valence-electron chi connectivity index (χ0n) is 9.63. The van der Waals surface area contributed by atoms with Crippen LogP contribution in [0.3, 0.4) is 0 Å². The molecular formula is C11H12ClNO4S. The van der Waals surface area contributed by atoms with E-state index in [9.17, 15) is 14.9 Å². The van der Waals surface area contributed by atoms with Crippen molar-refractivity contribution in [3.05, 3.63) is 38.9 Å². The van der Waals surface area contributed by atoms with E-state index in [2.05, 4.69) is 0 Å². The highest BCUT2D eigenvalue weighted by Crippen LogP contribution is 2.30. The lowest BCUT2D eigenvalue weighted by Crippen LogP contribution is -2.12. The van der Waals surface area contributed by atoms with Crippen LogP contribution in [0.2, 0.25) is 5.02 Å². The molecule has 1 aromatic carbocycles. The predicted molar refractivity (Wildman–Crippen MR) is 71.1 cm³/mol. The van der Waals surface area contributed by atoms with E-state index >= 15 is 0 Å². The number of nitro groups is 1. The van der Waals surface area contributed by atoms with Crippen LogP contribution in [0.25, 0.3) is 0 Å². The van der Waals surface area contributed by atoms with Crippen molar-refractivity contribution in [1.82, 2.24) is 0 Å². The zero-order valence-corrected chi connectivity index (χ0v) is 11.2. The van der Waals surface area contributed by atoms with Gasteiger partial charge in [0.1, 0.15) is 0 Å². The fourth-order valence-electron chi connectivity index (χ4n) is 1.27. The first-order chi connectivity index (χ1) is 8.43. The summed E-state index contributed by atoms with van der Waals surface area (Å²) in [6, 6.07) is 4.50. The van der Waals surface area contributed by atoms with Crippen molar-refractivity contribution < 1.29 is 14.8 Å². The molecule has 5 nitrogen and oxygen atoms in total. The average molecular weight is 290 g/mol.